The van der Waals surface area contributed by atoms with Crippen LogP contribution in [-0.2, 0) is 6.54 Å². The maximum absolute atomic E-state index is 11.9. The zero-order chi connectivity index (χ0) is 14.3. The molecule has 0 aliphatic heterocycles. The molecule has 0 spiro atoms. The topological polar surface area (TPSA) is 59.6 Å². The number of nitrogens with two attached hydrogens (primary N) is 1. The van der Waals surface area contributed by atoms with Crippen LogP contribution in [0.25, 0.3) is 0 Å². The normalized spacial score (nSPS) is 12.3. The van der Waals surface area contributed by atoms with Gasteiger partial charge in [0.25, 0.3) is 0 Å². The Morgan fingerprint density at radius 3 is 2.47 bits per heavy atom. The Morgan fingerprint density at radius 1 is 1.32 bits per heavy atom. The number of halogens is 3. The number of hydrogen-bond acceptors (Lipinski definition) is 2. The average Bonchev–Trinajstić information content (AvgIpc) is 2.34. The van der Waals surface area contributed by atoms with Gasteiger partial charge in [-0.05, 0) is 24.6 Å². The number of nitrogens with zero attached hydrogens (tertiary/aromatic N) is 1. The minimum absolute atomic E-state index is 0.171. The lowest BCUT2D eigenvalue weighted by atomic mass is 10.2. The van der Waals surface area contributed by atoms with Gasteiger partial charge in [-0.2, -0.15) is 13.2 Å². The summed E-state index contributed by atoms with van der Waals surface area (Å²) in [6, 6.07) is 6.24. The van der Waals surface area contributed by atoms with E-state index in [0.29, 0.717) is 19.0 Å². The van der Waals surface area contributed by atoms with Crippen LogP contribution >= 0.6 is 0 Å². The first-order valence-corrected chi connectivity index (χ1v) is 5.73. The molecule has 0 amide bonds. The van der Waals surface area contributed by atoms with Crippen molar-refractivity contribution in [2.75, 3.05) is 13.2 Å². The standard InChI is InChI=1S/C12H16F3N3O/c1-2-17-11(16)18-7-9-3-5-10(6-4-9)19-8-12(13,14)15/h3-6H,2,7-8H2,1H3,(H3,16,17,18). The van der Waals surface area contributed by atoms with Gasteiger partial charge in [-0.3, -0.25) is 0 Å². The molecule has 3 N–H and O–H groups in total. The molecule has 19 heavy (non-hydrogen) atoms. The first-order valence-electron chi connectivity index (χ1n) is 5.73. The summed E-state index contributed by atoms with van der Waals surface area (Å²) in [6.07, 6.45) is -4.33. The summed E-state index contributed by atoms with van der Waals surface area (Å²) in [4.78, 5) is 4.06. The molecule has 4 nitrogen and oxygen atoms in total. The maximum atomic E-state index is 11.9. The molecule has 0 atom stereocenters. The molecule has 0 fully saturated rings. The SMILES string of the molecule is CCNC(N)=NCc1ccc(OCC(F)(F)F)cc1. The molecular weight excluding hydrogens is 259 g/mol. The van der Waals surface area contributed by atoms with Crippen LogP contribution in [0.1, 0.15) is 12.5 Å². The molecule has 0 saturated heterocycles. The summed E-state index contributed by atoms with van der Waals surface area (Å²) in [6.45, 7) is 1.64. The molecule has 0 unspecified atom stereocenters. The molecule has 7 heteroatoms. The van der Waals surface area contributed by atoms with Gasteiger partial charge in [0.1, 0.15) is 5.75 Å². The third-order valence-electron chi connectivity index (χ3n) is 2.12. The molecule has 0 heterocycles. The average molecular weight is 275 g/mol. The molecule has 0 aliphatic rings. The molecule has 1 aromatic rings. The summed E-state index contributed by atoms with van der Waals surface area (Å²) >= 11 is 0. The van der Waals surface area contributed by atoms with E-state index in [1.54, 1.807) is 12.1 Å². The first kappa shape index (κ1) is 15.1. The summed E-state index contributed by atoms with van der Waals surface area (Å²) in [5.74, 6) is 0.504. The Hall–Kier alpha value is -1.92. The monoisotopic (exact) mass is 275 g/mol. The second kappa shape index (κ2) is 6.86. The highest BCUT2D eigenvalue weighted by Gasteiger charge is 2.28. The summed E-state index contributed by atoms with van der Waals surface area (Å²) < 4.78 is 40.4. The van der Waals surface area contributed by atoms with Crippen molar-refractivity contribution in [3.8, 4) is 5.75 Å². The smallest absolute Gasteiger partial charge is 0.422 e. The van der Waals surface area contributed by atoms with Crippen molar-refractivity contribution in [3.63, 3.8) is 0 Å². The Balaban J connectivity index is 2.50. The van der Waals surface area contributed by atoms with Gasteiger partial charge in [0.15, 0.2) is 12.6 Å². The van der Waals surface area contributed by atoms with E-state index in [9.17, 15) is 13.2 Å². The van der Waals surface area contributed by atoms with Gasteiger partial charge in [-0.25, -0.2) is 4.99 Å². The third kappa shape index (κ3) is 6.54. The molecular formula is C12H16F3N3O. The Bertz CT molecular complexity index is 415. The van der Waals surface area contributed by atoms with Crippen molar-refractivity contribution in [1.82, 2.24) is 5.32 Å². The zero-order valence-corrected chi connectivity index (χ0v) is 10.5. The molecule has 1 aromatic carbocycles. The van der Waals surface area contributed by atoms with E-state index >= 15 is 0 Å². The molecule has 0 bridgehead atoms. The van der Waals surface area contributed by atoms with E-state index in [1.165, 1.54) is 12.1 Å². The quantitative estimate of drug-likeness (QED) is 0.638. The number of hydrogen-bond donors (Lipinski definition) is 2. The second-order valence-corrected chi connectivity index (χ2v) is 3.78. The third-order valence-corrected chi connectivity index (χ3v) is 2.12. The largest absolute Gasteiger partial charge is 0.484 e. The van der Waals surface area contributed by atoms with Crippen LogP contribution in [-0.4, -0.2) is 25.3 Å². The van der Waals surface area contributed by atoms with E-state index in [0.717, 1.165) is 5.56 Å². The predicted octanol–water partition coefficient (Wildman–Crippen LogP) is 2.05. The molecule has 0 aliphatic carbocycles. The van der Waals surface area contributed by atoms with Gasteiger partial charge in [-0.1, -0.05) is 12.1 Å². The van der Waals surface area contributed by atoms with E-state index in [1.807, 2.05) is 6.92 Å². The molecule has 0 saturated carbocycles. The van der Waals surface area contributed by atoms with Crippen molar-refractivity contribution in [2.45, 2.75) is 19.6 Å². The lowest BCUT2D eigenvalue weighted by Gasteiger charge is -2.09. The number of guanidine groups is 1. The fourth-order valence-corrected chi connectivity index (χ4v) is 1.27. The van der Waals surface area contributed by atoms with E-state index in [4.69, 9.17) is 5.73 Å². The number of alkyl halides is 3. The molecule has 106 valence electrons. The highest BCUT2D eigenvalue weighted by atomic mass is 19.4. The number of aliphatic imine (C=N–C) groups is 1. The summed E-state index contributed by atoms with van der Waals surface area (Å²) in [5.41, 5.74) is 6.38. The number of rotatable bonds is 5. The van der Waals surface area contributed by atoms with Crippen LogP contribution in [0.5, 0.6) is 5.75 Å². The van der Waals surface area contributed by atoms with Crippen molar-refractivity contribution >= 4 is 5.96 Å². The highest BCUT2D eigenvalue weighted by Crippen LogP contribution is 2.18. The van der Waals surface area contributed by atoms with Crippen molar-refractivity contribution in [1.29, 1.82) is 0 Å². The molecule has 0 aromatic heterocycles. The molecule has 0 radical (unpaired) electrons. The van der Waals surface area contributed by atoms with Crippen LogP contribution in [0.2, 0.25) is 0 Å². The van der Waals surface area contributed by atoms with Crippen molar-refractivity contribution in [3.05, 3.63) is 29.8 Å². The van der Waals surface area contributed by atoms with Crippen LogP contribution in [0.15, 0.2) is 29.3 Å². The number of nitrogens with one attached hydrogen (secondary N) is 1. The maximum Gasteiger partial charge on any atom is 0.422 e. The lowest BCUT2D eigenvalue weighted by Crippen LogP contribution is -2.31. The van der Waals surface area contributed by atoms with Gasteiger partial charge in [0.05, 0.1) is 6.54 Å². The van der Waals surface area contributed by atoms with E-state index in [2.05, 4.69) is 15.0 Å². The van der Waals surface area contributed by atoms with Gasteiger partial charge >= 0.3 is 6.18 Å². The van der Waals surface area contributed by atoms with Crippen LogP contribution in [0.4, 0.5) is 13.2 Å². The van der Waals surface area contributed by atoms with Gasteiger partial charge in [0.2, 0.25) is 0 Å². The minimum atomic E-state index is -4.33. The van der Waals surface area contributed by atoms with Crippen molar-refractivity contribution in [2.24, 2.45) is 10.7 Å². The second-order valence-electron chi connectivity index (χ2n) is 3.78. The minimum Gasteiger partial charge on any atom is -0.484 e. The lowest BCUT2D eigenvalue weighted by molar-refractivity contribution is -0.153. The van der Waals surface area contributed by atoms with E-state index < -0.39 is 12.8 Å². The summed E-state index contributed by atoms with van der Waals surface area (Å²) in [5, 5.41) is 2.84. The Kier molecular flexibility index (Phi) is 5.47. The zero-order valence-electron chi connectivity index (χ0n) is 10.5. The van der Waals surface area contributed by atoms with Crippen LogP contribution in [0.3, 0.4) is 0 Å². The first-order chi connectivity index (χ1) is 8.90. The fraction of sp³-hybridized carbons (Fsp3) is 0.417. The Labute approximate surface area is 109 Å². The van der Waals surface area contributed by atoms with E-state index in [-0.39, 0.29) is 5.75 Å². The number of ether oxygens (including phenoxy) is 1. The van der Waals surface area contributed by atoms with Gasteiger partial charge in [-0.15, -0.1) is 0 Å². The molecule has 1 rings (SSSR count). The van der Waals surface area contributed by atoms with Crippen LogP contribution < -0.4 is 15.8 Å². The van der Waals surface area contributed by atoms with Crippen LogP contribution in [0, 0.1) is 0 Å². The van der Waals surface area contributed by atoms with Gasteiger partial charge < -0.3 is 15.8 Å². The highest BCUT2D eigenvalue weighted by molar-refractivity contribution is 5.77. The summed E-state index contributed by atoms with van der Waals surface area (Å²) in [7, 11) is 0. The fourth-order valence-electron chi connectivity index (χ4n) is 1.27. The number of benzene rings is 1. The van der Waals surface area contributed by atoms with Crippen molar-refractivity contribution < 1.29 is 17.9 Å². The predicted molar refractivity (Wildman–Crippen MR) is 67.0 cm³/mol. The Morgan fingerprint density at radius 2 is 1.95 bits per heavy atom. The van der Waals surface area contributed by atoms with Gasteiger partial charge in [0, 0.05) is 6.54 Å².